The van der Waals surface area contributed by atoms with Gasteiger partial charge in [0.15, 0.2) is 5.82 Å². The van der Waals surface area contributed by atoms with Gasteiger partial charge in [-0.2, -0.15) is 5.10 Å². The summed E-state index contributed by atoms with van der Waals surface area (Å²) in [6.07, 6.45) is 5.08. The van der Waals surface area contributed by atoms with E-state index in [1.807, 2.05) is 12.1 Å². The maximum atomic E-state index is 15.8. The fraction of sp³-hybridized carbons (Fsp3) is 0.640. The first-order valence-electron chi connectivity index (χ1n) is 12.4. The Kier molecular flexibility index (Phi) is 6.22. The summed E-state index contributed by atoms with van der Waals surface area (Å²) in [5.41, 5.74) is 1.78. The van der Waals surface area contributed by atoms with Crippen molar-refractivity contribution in [1.82, 2.24) is 25.3 Å². The largest absolute Gasteiger partial charge is 0.317 e. The van der Waals surface area contributed by atoms with Crippen molar-refractivity contribution in [3.05, 3.63) is 29.2 Å². The maximum absolute atomic E-state index is 15.8. The van der Waals surface area contributed by atoms with E-state index in [0.29, 0.717) is 29.1 Å². The molecule has 0 spiro atoms. The molecule has 0 bridgehead atoms. The van der Waals surface area contributed by atoms with Crippen molar-refractivity contribution in [2.45, 2.75) is 63.3 Å². The lowest BCUT2D eigenvalue weighted by atomic mass is 9.85. The molecule has 1 unspecified atom stereocenters. The van der Waals surface area contributed by atoms with E-state index in [1.54, 1.807) is 11.7 Å². The second-order valence-electron chi connectivity index (χ2n) is 10.0. The van der Waals surface area contributed by atoms with Gasteiger partial charge in [0, 0.05) is 24.9 Å². The van der Waals surface area contributed by atoms with E-state index in [1.165, 1.54) is 12.8 Å². The minimum Gasteiger partial charge on any atom is -0.317 e. The van der Waals surface area contributed by atoms with Crippen LogP contribution in [0, 0.1) is 11.7 Å². The summed E-state index contributed by atoms with van der Waals surface area (Å²) in [5.74, 6) is -0.394. The average molecular weight is 456 g/mol. The lowest BCUT2D eigenvalue weighted by Crippen LogP contribution is -2.46. The summed E-state index contributed by atoms with van der Waals surface area (Å²) in [6.45, 7) is 6.58. The summed E-state index contributed by atoms with van der Waals surface area (Å²) in [4.78, 5) is 26.5. The van der Waals surface area contributed by atoms with E-state index < -0.39 is 5.92 Å². The van der Waals surface area contributed by atoms with Gasteiger partial charge in [-0.3, -0.25) is 19.6 Å². The number of benzene rings is 1. The Morgan fingerprint density at radius 3 is 2.52 bits per heavy atom. The van der Waals surface area contributed by atoms with Gasteiger partial charge in [-0.25, -0.2) is 4.39 Å². The molecule has 4 heterocycles. The third-order valence-corrected chi connectivity index (χ3v) is 8.18. The van der Waals surface area contributed by atoms with Gasteiger partial charge in [0.2, 0.25) is 11.8 Å². The molecule has 33 heavy (non-hydrogen) atoms. The third-order valence-electron chi connectivity index (χ3n) is 8.18. The van der Waals surface area contributed by atoms with E-state index in [0.717, 1.165) is 50.5 Å². The molecule has 3 aliphatic heterocycles. The molecule has 2 aromatic rings. The predicted octanol–water partition coefficient (Wildman–Crippen LogP) is 2.80. The van der Waals surface area contributed by atoms with Gasteiger partial charge in [-0.15, -0.1) is 0 Å². The van der Waals surface area contributed by atoms with Crippen molar-refractivity contribution in [2.24, 2.45) is 13.0 Å². The minimum absolute atomic E-state index is 0.194. The summed E-state index contributed by atoms with van der Waals surface area (Å²) in [6, 6.07) is 4.39. The number of carbonyl (C=O) groups is 2. The number of hydrogen-bond acceptors (Lipinski definition) is 5. The second kappa shape index (κ2) is 9.14. The highest BCUT2D eigenvalue weighted by Crippen LogP contribution is 2.37. The Bertz CT molecular complexity index is 1050. The van der Waals surface area contributed by atoms with Crippen LogP contribution >= 0.6 is 0 Å². The van der Waals surface area contributed by atoms with E-state index in [2.05, 4.69) is 27.6 Å². The number of fused-ring (bicyclic) bond motifs is 1. The molecule has 178 valence electrons. The van der Waals surface area contributed by atoms with Crippen LogP contribution in [0.25, 0.3) is 10.9 Å². The van der Waals surface area contributed by atoms with Crippen LogP contribution < -0.4 is 10.6 Å². The first-order chi connectivity index (χ1) is 15.9. The number of hydrogen-bond donors (Lipinski definition) is 2. The van der Waals surface area contributed by atoms with Crippen LogP contribution in [0.15, 0.2) is 12.1 Å². The molecule has 0 radical (unpaired) electrons. The Balaban J connectivity index is 1.34. The van der Waals surface area contributed by atoms with Crippen LogP contribution in [0.3, 0.4) is 0 Å². The molecular formula is C25H34FN5O2. The fourth-order valence-corrected chi connectivity index (χ4v) is 6.14. The molecule has 1 aromatic heterocycles. The van der Waals surface area contributed by atoms with Crippen LogP contribution in [0.1, 0.15) is 68.5 Å². The first kappa shape index (κ1) is 22.5. The number of nitrogens with zero attached hydrogens (tertiary/aromatic N) is 3. The van der Waals surface area contributed by atoms with Gasteiger partial charge in [-0.05, 0) is 82.6 Å². The lowest BCUT2D eigenvalue weighted by Gasteiger charge is -2.41. The number of nitrogens with one attached hydrogen (secondary N) is 2. The standard InChI is InChI=1S/C25H34FN5O2/c1-15(16-7-11-27-12-8-16)31-13-9-17(10-14-31)18-3-4-19-23(29-30(2)24(19)22(18)26)20-5-6-21(32)28-25(20)33/h3-4,15-17,20,27H,5-14H2,1-2H3,(H,28,32,33)/t15-,20?/m1/s1. The van der Waals surface area contributed by atoms with Gasteiger partial charge in [-0.1, -0.05) is 12.1 Å². The lowest BCUT2D eigenvalue weighted by molar-refractivity contribution is -0.134. The van der Waals surface area contributed by atoms with Gasteiger partial charge >= 0.3 is 0 Å². The zero-order valence-corrected chi connectivity index (χ0v) is 19.6. The zero-order chi connectivity index (χ0) is 23.1. The van der Waals surface area contributed by atoms with Crippen molar-refractivity contribution >= 4 is 22.7 Å². The highest BCUT2D eigenvalue weighted by atomic mass is 19.1. The van der Waals surface area contributed by atoms with Gasteiger partial charge in [0.05, 0.1) is 11.6 Å². The highest BCUT2D eigenvalue weighted by molar-refractivity contribution is 6.02. The highest BCUT2D eigenvalue weighted by Gasteiger charge is 2.34. The number of aryl methyl sites for hydroxylation is 1. The molecule has 7 nitrogen and oxygen atoms in total. The maximum Gasteiger partial charge on any atom is 0.235 e. The minimum atomic E-state index is -0.517. The van der Waals surface area contributed by atoms with E-state index in [9.17, 15) is 9.59 Å². The van der Waals surface area contributed by atoms with Crippen molar-refractivity contribution in [2.75, 3.05) is 26.2 Å². The number of piperidine rings is 3. The molecule has 3 saturated heterocycles. The van der Waals surface area contributed by atoms with Crippen molar-refractivity contribution in [1.29, 1.82) is 0 Å². The normalized spacial score (nSPS) is 24.9. The summed E-state index contributed by atoms with van der Waals surface area (Å²) < 4.78 is 17.3. The summed E-state index contributed by atoms with van der Waals surface area (Å²) in [7, 11) is 1.73. The molecule has 8 heteroatoms. The topological polar surface area (TPSA) is 79.3 Å². The van der Waals surface area contributed by atoms with Crippen molar-refractivity contribution in [3.8, 4) is 0 Å². The smallest absolute Gasteiger partial charge is 0.235 e. The Morgan fingerprint density at radius 2 is 1.82 bits per heavy atom. The Hall–Kier alpha value is -2.32. The Morgan fingerprint density at radius 1 is 1.09 bits per heavy atom. The Labute approximate surface area is 194 Å². The molecule has 3 fully saturated rings. The van der Waals surface area contributed by atoms with E-state index in [-0.39, 0.29) is 30.0 Å². The number of aromatic nitrogens is 2. The van der Waals surface area contributed by atoms with Crippen LogP contribution in [0.5, 0.6) is 0 Å². The van der Waals surface area contributed by atoms with E-state index >= 15 is 4.39 Å². The van der Waals surface area contributed by atoms with Crippen molar-refractivity contribution < 1.29 is 14.0 Å². The number of rotatable bonds is 4. The predicted molar refractivity (Wildman–Crippen MR) is 124 cm³/mol. The molecular weight excluding hydrogens is 421 g/mol. The zero-order valence-electron chi connectivity index (χ0n) is 19.6. The van der Waals surface area contributed by atoms with Crippen LogP contribution in [-0.2, 0) is 16.6 Å². The molecule has 0 saturated carbocycles. The average Bonchev–Trinajstić information content (AvgIpc) is 3.16. The summed E-state index contributed by atoms with van der Waals surface area (Å²) in [5, 5.41) is 11.0. The number of likely N-dealkylation sites (tertiary alicyclic amines) is 1. The van der Waals surface area contributed by atoms with Crippen LogP contribution in [0.2, 0.25) is 0 Å². The quantitative estimate of drug-likeness (QED) is 0.693. The molecule has 1 aromatic carbocycles. The van der Waals surface area contributed by atoms with Crippen molar-refractivity contribution in [3.63, 3.8) is 0 Å². The summed E-state index contributed by atoms with van der Waals surface area (Å²) >= 11 is 0. The van der Waals surface area contributed by atoms with E-state index in [4.69, 9.17) is 0 Å². The molecule has 2 N–H and O–H groups in total. The molecule has 2 atom stereocenters. The molecule has 2 amide bonds. The monoisotopic (exact) mass is 455 g/mol. The molecule has 5 rings (SSSR count). The SMILES string of the molecule is C[C@H](C1CCNCC1)N1CCC(c2ccc3c(C4CCC(=O)NC4=O)nn(C)c3c2F)CC1. The van der Waals surface area contributed by atoms with Gasteiger partial charge in [0.25, 0.3) is 0 Å². The second-order valence-corrected chi connectivity index (χ2v) is 10.0. The van der Waals surface area contributed by atoms with Crippen LogP contribution in [0.4, 0.5) is 4.39 Å². The third kappa shape index (κ3) is 4.19. The number of amides is 2. The number of halogens is 1. The molecule has 3 aliphatic rings. The van der Waals surface area contributed by atoms with Gasteiger partial charge < -0.3 is 10.2 Å². The fourth-order valence-electron chi connectivity index (χ4n) is 6.14. The van der Waals surface area contributed by atoms with Gasteiger partial charge in [0.1, 0.15) is 5.52 Å². The number of imide groups is 1. The molecule has 0 aliphatic carbocycles. The first-order valence-corrected chi connectivity index (χ1v) is 12.4. The number of carbonyl (C=O) groups excluding carboxylic acids is 2. The van der Waals surface area contributed by atoms with Crippen LogP contribution in [-0.4, -0.2) is 58.7 Å².